The summed E-state index contributed by atoms with van der Waals surface area (Å²) in [6.07, 6.45) is -0.326. The lowest BCUT2D eigenvalue weighted by atomic mass is 10.1. The molecule has 3 rings (SSSR count). The van der Waals surface area contributed by atoms with E-state index < -0.39 is 12.1 Å². The van der Waals surface area contributed by atoms with Gasteiger partial charge in [0.2, 0.25) is 0 Å². The SMILES string of the molecule is Cc1cc(N2CCNC2=O)ccc1NC(=O)NCC(O)Cc1cccc(Cl)c1. The fourth-order valence-electron chi connectivity index (χ4n) is 3.06. The number of anilines is 2. The Balaban J connectivity index is 1.51. The minimum absolute atomic E-state index is 0.115. The highest BCUT2D eigenvalue weighted by molar-refractivity contribution is 6.30. The van der Waals surface area contributed by atoms with Crippen LogP contribution in [0.2, 0.25) is 5.02 Å². The van der Waals surface area contributed by atoms with Gasteiger partial charge in [-0.2, -0.15) is 0 Å². The van der Waals surface area contributed by atoms with Crippen LogP contribution in [0.4, 0.5) is 21.0 Å². The Morgan fingerprint density at radius 2 is 2.14 bits per heavy atom. The number of amides is 4. The Labute approximate surface area is 168 Å². The van der Waals surface area contributed by atoms with Gasteiger partial charge in [0.1, 0.15) is 0 Å². The minimum Gasteiger partial charge on any atom is -0.391 e. The van der Waals surface area contributed by atoms with Gasteiger partial charge >= 0.3 is 12.1 Å². The van der Waals surface area contributed by atoms with Crippen molar-refractivity contribution in [2.75, 3.05) is 29.9 Å². The van der Waals surface area contributed by atoms with Crippen LogP contribution in [0.1, 0.15) is 11.1 Å². The third kappa shape index (κ3) is 5.15. The zero-order chi connectivity index (χ0) is 20.1. The highest BCUT2D eigenvalue weighted by atomic mass is 35.5. The number of nitrogens with zero attached hydrogens (tertiary/aromatic N) is 1. The lowest BCUT2D eigenvalue weighted by Gasteiger charge is -2.17. The predicted octanol–water partition coefficient (Wildman–Crippen LogP) is 2.90. The highest BCUT2D eigenvalue weighted by Gasteiger charge is 2.21. The van der Waals surface area contributed by atoms with E-state index in [9.17, 15) is 14.7 Å². The number of aliphatic hydroxyl groups is 1. The van der Waals surface area contributed by atoms with E-state index in [0.29, 0.717) is 30.2 Å². The van der Waals surface area contributed by atoms with E-state index in [1.807, 2.05) is 25.1 Å². The van der Waals surface area contributed by atoms with E-state index in [2.05, 4.69) is 16.0 Å². The number of carbonyl (C=O) groups excluding carboxylic acids is 2. The Morgan fingerprint density at radius 1 is 1.32 bits per heavy atom. The smallest absolute Gasteiger partial charge is 0.321 e. The van der Waals surface area contributed by atoms with Crippen molar-refractivity contribution in [2.24, 2.45) is 0 Å². The summed E-state index contributed by atoms with van der Waals surface area (Å²) < 4.78 is 0. The lowest BCUT2D eigenvalue weighted by Crippen LogP contribution is -2.36. The molecule has 2 aromatic rings. The summed E-state index contributed by atoms with van der Waals surface area (Å²) in [5.74, 6) is 0. The van der Waals surface area contributed by atoms with E-state index in [0.717, 1.165) is 16.8 Å². The predicted molar refractivity (Wildman–Crippen MR) is 110 cm³/mol. The molecule has 4 amide bonds. The maximum absolute atomic E-state index is 12.1. The number of aliphatic hydroxyl groups excluding tert-OH is 1. The number of rotatable bonds is 6. The van der Waals surface area contributed by atoms with Crippen LogP contribution in [-0.4, -0.2) is 42.9 Å². The van der Waals surface area contributed by atoms with Crippen LogP contribution in [0, 0.1) is 6.92 Å². The average Bonchev–Trinajstić information content (AvgIpc) is 3.08. The number of benzene rings is 2. The molecule has 1 aliphatic heterocycles. The normalized spacial score (nSPS) is 14.5. The lowest BCUT2D eigenvalue weighted by molar-refractivity contribution is 0.172. The second-order valence-electron chi connectivity index (χ2n) is 6.71. The van der Waals surface area contributed by atoms with Crippen molar-refractivity contribution in [3.05, 3.63) is 58.6 Å². The first kappa shape index (κ1) is 20.0. The minimum atomic E-state index is -0.721. The van der Waals surface area contributed by atoms with Crippen LogP contribution in [0.15, 0.2) is 42.5 Å². The molecule has 7 nitrogen and oxygen atoms in total. The zero-order valence-corrected chi connectivity index (χ0v) is 16.3. The molecule has 1 saturated heterocycles. The summed E-state index contributed by atoms with van der Waals surface area (Å²) >= 11 is 5.93. The molecule has 0 spiro atoms. The Bertz CT molecular complexity index is 874. The van der Waals surface area contributed by atoms with Crippen molar-refractivity contribution in [3.63, 3.8) is 0 Å². The second-order valence-corrected chi connectivity index (χ2v) is 7.14. The molecule has 2 aromatic carbocycles. The average molecular weight is 403 g/mol. The fraction of sp³-hybridized carbons (Fsp3) is 0.300. The van der Waals surface area contributed by atoms with Gasteiger partial charge in [0.15, 0.2) is 0 Å². The summed E-state index contributed by atoms with van der Waals surface area (Å²) in [7, 11) is 0. The number of hydrogen-bond donors (Lipinski definition) is 4. The molecule has 4 N–H and O–H groups in total. The molecule has 28 heavy (non-hydrogen) atoms. The Kier molecular flexibility index (Phi) is 6.38. The van der Waals surface area contributed by atoms with Gasteiger partial charge < -0.3 is 21.1 Å². The molecule has 1 heterocycles. The third-order valence-corrected chi connectivity index (χ3v) is 4.72. The van der Waals surface area contributed by atoms with Crippen molar-refractivity contribution in [2.45, 2.75) is 19.4 Å². The van der Waals surface area contributed by atoms with Gasteiger partial charge in [0.25, 0.3) is 0 Å². The second kappa shape index (κ2) is 8.95. The van der Waals surface area contributed by atoms with Gasteiger partial charge in [-0.3, -0.25) is 4.90 Å². The van der Waals surface area contributed by atoms with Crippen molar-refractivity contribution in [1.29, 1.82) is 0 Å². The Morgan fingerprint density at radius 3 is 2.82 bits per heavy atom. The van der Waals surface area contributed by atoms with Gasteiger partial charge in [-0.1, -0.05) is 23.7 Å². The molecule has 148 valence electrons. The van der Waals surface area contributed by atoms with Crippen LogP contribution >= 0.6 is 11.6 Å². The maximum atomic E-state index is 12.1. The van der Waals surface area contributed by atoms with Crippen LogP contribution in [0.5, 0.6) is 0 Å². The molecule has 0 aromatic heterocycles. The maximum Gasteiger partial charge on any atom is 0.321 e. The molecule has 1 atom stereocenters. The van der Waals surface area contributed by atoms with Gasteiger partial charge in [0.05, 0.1) is 6.10 Å². The van der Waals surface area contributed by atoms with Gasteiger partial charge in [-0.25, -0.2) is 9.59 Å². The van der Waals surface area contributed by atoms with Crippen molar-refractivity contribution in [1.82, 2.24) is 10.6 Å². The first-order valence-electron chi connectivity index (χ1n) is 9.06. The molecule has 0 radical (unpaired) electrons. The molecule has 1 fully saturated rings. The molecule has 1 unspecified atom stereocenters. The number of aryl methyl sites for hydroxylation is 1. The summed E-state index contributed by atoms with van der Waals surface area (Å²) in [5.41, 5.74) is 3.17. The van der Waals surface area contributed by atoms with E-state index in [-0.39, 0.29) is 12.6 Å². The van der Waals surface area contributed by atoms with Crippen molar-refractivity contribution < 1.29 is 14.7 Å². The van der Waals surface area contributed by atoms with Gasteiger partial charge in [-0.05, 0) is 48.4 Å². The van der Waals surface area contributed by atoms with Gasteiger partial charge in [-0.15, -0.1) is 0 Å². The number of carbonyl (C=O) groups is 2. The van der Waals surface area contributed by atoms with E-state index in [1.54, 1.807) is 29.2 Å². The van der Waals surface area contributed by atoms with Crippen LogP contribution in [0.25, 0.3) is 0 Å². The first-order chi connectivity index (χ1) is 13.4. The summed E-state index contributed by atoms with van der Waals surface area (Å²) in [5, 5.41) is 18.9. The molecule has 0 saturated carbocycles. The summed E-state index contributed by atoms with van der Waals surface area (Å²) in [6, 6.07) is 12.1. The third-order valence-electron chi connectivity index (χ3n) is 4.49. The summed E-state index contributed by atoms with van der Waals surface area (Å²) in [4.78, 5) is 25.5. The molecule has 1 aliphatic rings. The number of nitrogens with one attached hydrogen (secondary N) is 3. The fourth-order valence-corrected chi connectivity index (χ4v) is 3.27. The monoisotopic (exact) mass is 402 g/mol. The highest BCUT2D eigenvalue weighted by Crippen LogP contribution is 2.23. The van der Waals surface area contributed by atoms with Crippen molar-refractivity contribution >= 4 is 35.0 Å². The topological polar surface area (TPSA) is 93.7 Å². The molecule has 0 aliphatic carbocycles. The van der Waals surface area contributed by atoms with Crippen LogP contribution in [0.3, 0.4) is 0 Å². The quantitative estimate of drug-likeness (QED) is 0.598. The van der Waals surface area contributed by atoms with E-state index in [4.69, 9.17) is 11.6 Å². The standard InChI is InChI=1S/C20H23ClN4O3/c1-13-9-16(25-8-7-22-20(25)28)5-6-18(13)24-19(27)23-12-17(26)11-14-3-2-4-15(21)10-14/h2-6,9-10,17,26H,7-8,11-12H2,1H3,(H,22,28)(H2,23,24,27). The van der Waals surface area contributed by atoms with Crippen molar-refractivity contribution in [3.8, 4) is 0 Å². The molecule has 8 heteroatoms. The van der Waals surface area contributed by atoms with Crippen LogP contribution in [-0.2, 0) is 6.42 Å². The van der Waals surface area contributed by atoms with E-state index >= 15 is 0 Å². The molecule has 0 bridgehead atoms. The van der Waals surface area contributed by atoms with Gasteiger partial charge in [0, 0.05) is 42.5 Å². The molecular formula is C20H23ClN4O3. The Hall–Kier alpha value is -2.77. The van der Waals surface area contributed by atoms with Crippen LogP contribution < -0.4 is 20.9 Å². The summed E-state index contributed by atoms with van der Waals surface area (Å²) in [6.45, 7) is 3.22. The number of hydrogen-bond acceptors (Lipinski definition) is 3. The largest absolute Gasteiger partial charge is 0.391 e. The first-order valence-corrected chi connectivity index (χ1v) is 9.43. The molecular weight excluding hydrogens is 380 g/mol. The number of halogens is 1. The van der Waals surface area contributed by atoms with E-state index in [1.165, 1.54) is 0 Å². The number of urea groups is 2. The zero-order valence-electron chi connectivity index (χ0n) is 15.5.